The molecule has 1 rings (SSSR count). The standard InChI is InChI=1S/C12H18N2S2/c15-9-13-8-11-5-3-1-2-4-6-12(7-11)14-10-16/h11-12H,1-8H2/t11?,12-/m0/s1. The van der Waals surface area contributed by atoms with Gasteiger partial charge < -0.3 is 0 Å². The monoisotopic (exact) mass is 254 g/mol. The van der Waals surface area contributed by atoms with E-state index < -0.39 is 0 Å². The molecular formula is C12H18N2S2. The van der Waals surface area contributed by atoms with Gasteiger partial charge in [0.05, 0.1) is 22.9 Å². The van der Waals surface area contributed by atoms with Gasteiger partial charge in [-0.15, -0.1) is 0 Å². The molecule has 0 radical (unpaired) electrons. The first-order chi connectivity index (χ1) is 7.86. The van der Waals surface area contributed by atoms with Crippen LogP contribution in [0.2, 0.25) is 0 Å². The molecule has 0 N–H and O–H groups in total. The molecule has 1 aliphatic carbocycles. The highest BCUT2D eigenvalue weighted by Gasteiger charge is 2.17. The zero-order valence-electron chi connectivity index (χ0n) is 9.52. The van der Waals surface area contributed by atoms with Gasteiger partial charge in [-0.25, -0.2) is 9.98 Å². The third-order valence-electron chi connectivity index (χ3n) is 3.15. The molecule has 2 atom stereocenters. The minimum atomic E-state index is 0.348. The summed E-state index contributed by atoms with van der Waals surface area (Å²) in [4.78, 5) is 8.33. The number of nitrogens with zero attached hydrogens (tertiary/aromatic N) is 2. The summed E-state index contributed by atoms with van der Waals surface area (Å²) in [5, 5.41) is 4.98. The van der Waals surface area contributed by atoms with Crippen LogP contribution in [0.3, 0.4) is 0 Å². The average Bonchev–Trinajstić information content (AvgIpc) is 2.39. The molecule has 0 spiro atoms. The first kappa shape index (κ1) is 13.7. The van der Waals surface area contributed by atoms with E-state index in [9.17, 15) is 0 Å². The van der Waals surface area contributed by atoms with E-state index in [1.54, 1.807) is 0 Å². The van der Waals surface area contributed by atoms with E-state index in [4.69, 9.17) is 12.2 Å². The fourth-order valence-corrected chi connectivity index (χ4v) is 2.53. The van der Waals surface area contributed by atoms with Crippen LogP contribution in [0.4, 0.5) is 0 Å². The number of hydrogen-bond donors (Lipinski definition) is 0. The van der Waals surface area contributed by atoms with E-state index >= 15 is 0 Å². The van der Waals surface area contributed by atoms with Gasteiger partial charge in [0.2, 0.25) is 0 Å². The van der Waals surface area contributed by atoms with Crippen LogP contribution in [0.1, 0.15) is 44.9 Å². The van der Waals surface area contributed by atoms with Crippen LogP contribution in [-0.2, 0) is 0 Å². The normalized spacial score (nSPS) is 26.5. The minimum Gasteiger partial charge on any atom is -0.232 e. The first-order valence-corrected chi connectivity index (χ1v) is 6.79. The maximum absolute atomic E-state index is 4.70. The van der Waals surface area contributed by atoms with Gasteiger partial charge in [0.15, 0.2) is 0 Å². The third kappa shape index (κ3) is 5.62. The van der Waals surface area contributed by atoms with Crippen LogP contribution in [-0.4, -0.2) is 22.9 Å². The van der Waals surface area contributed by atoms with Crippen molar-refractivity contribution in [3.8, 4) is 0 Å². The van der Waals surface area contributed by atoms with Crippen molar-refractivity contribution in [2.24, 2.45) is 15.9 Å². The number of rotatable bonds is 3. The second kappa shape index (κ2) is 8.72. The molecule has 1 saturated carbocycles. The van der Waals surface area contributed by atoms with Gasteiger partial charge in [-0.1, -0.05) is 25.7 Å². The fourth-order valence-electron chi connectivity index (χ4n) is 2.31. The van der Waals surface area contributed by atoms with Gasteiger partial charge in [-0.3, -0.25) is 0 Å². The van der Waals surface area contributed by atoms with Crippen LogP contribution < -0.4 is 0 Å². The van der Waals surface area contributed by atoms with E-state index in [0.717, 1.165) is 19.4 Å². The second-order valence-electron chi connectivity index (χ2n) is 4.40. The lowest BCUT2D eigenvalue weighted by molar-refractivity contribution is 0.409. The van der Waals surface area contributed by atoms with Gasteiger partial charge >= 0.3 is 0 Å². The maximum atomic E-state index is 4.70. The Labute approximate surface area is 108 Å². The second-order valence-corrected chi connectivity index (χ2v) is 4.76. The zero-order valence-corrected chi connectivity index (χ0v) is 11.2. The Balaban J connectivity index is 2.56. The van der Waals surface area contributed by atoms with Crippen molar-refractivity contribution in [2.75, 3.05) is 6.54 Å². The Bertz CT molecular complexity index is 291. The van der Waals surface area contributed by atoms with Crippen molar-refractivity contribution in [2.45, 2.75) is 51.0 Å². The predicted molar refractivity (Wildman–Crippen MR) is 74.5 cm³/mol. The highest BCUT2D eigenvalue weighted by atomic mass is 32.1. The topological polar surface area (TPSA) is 24.7 Å². The Morgan fingerprint density at radius 2 is 1.75 bits per heavy atom. The van der Waals surface area contributed by atoms with Gasteiger partial charge in [-0.2, -0.15) is 0 Å². The van der Waals surface area contributed by atoms with Crippen LogP contribution in [0.25, 0.3) is 0 Å². The van der Waals surface area contributed by atoms with Crippen molar-refractivity contribution >= 4 is 34.8 Å². The Morgan fingerprint density at radius 3 is 2.44 bits per heavy atom. The van der Waals surface area contributed by atoms with Crippen LogP contribution in [0.15, 0.2) is 9.98 Å². The molecule has 1 unspecified atom stereocenters. The Kier molecular flexibility index (Phi) is 7.45. The van der Waals surface area contributed by atoms with Crippen LogP contribution in [0.5, 0.6) is 0 Å². The van der Waals surface area contributed by atoms with E-state index in [0.29, 0.717) is 12.0 Å². The van der Waals surface area contributed by atoms with Crippen molar-refractivity contribution in [3.05, 3.63) is 0 Å². The molecule has 4 heteroatoms. The summed E-state index contributed by atoms with van der Waals surface area (Å²) >= 11 is 9.32. The molecule has 0 aromatic heterocycles. The first-order valence-electron chi connectivity index (χ1n) is 5.97. The van der Waals surface area contributed by atoms with E-state index in [1.165, 1.54) is 32.1 Å². The number of aliphatic imine (C=N–C) groups is 2. The summed E-state index contributed by atoms with van der Waals surface area (Å²) in [6.07, 6.45) is 8.63. The largest absolute Gasteiger partial charge is 0.232 e. The van der Waals surface area contributed by atoms with Gasteiger partial charge in [-0.05, 0) is 49.6 Å². The summed E-state index contributed by atoms with van der Waals surface area (Å²) in [6, 6.07) is 0.348. The number of isothiocyanates is 2. The Hall–Kier alpha value is -0.400. The van der Waals surface area contributed by atoms with Gasteiger partial charge in [0.25, 0.3) is 0 Å². The predicted octanol–water partition coefficient (Wildman–Crippen LogP) is 3.92. The molecule has 0 aromatic carbocycles. The van der Waals surface area contributed by atoms with Crippen molar-refractivity contribution in [3.63, 3.8) is 0 Å². The molecule has 0 amide bonds. The molecule has 2 nitrogen and oxygen atoms in total. The molecule has 0 saturated heterocycles. The molecule has 88 valence electrons. The summed E-state index contributed by atoms with van der Waals surface area (Å²) in [6.45, 7) is 0.799. The smallest absolute Gasteiger partial charge is 0.0606 e. The molecule has 16 heavy (non-hydrogen) atoms. The molecule has 1 fully saturated rings. The van der Waals surface area contributed by atoms with Gasteiger partial charge in [0.1, 0.15) is 0 Å². The molecule has 0 heterocycles. The number of hydrogen-bond acceptors (Lipinski definition) is 4. The van der Waals surface area contributed by atoms with E-state index in [-0.39, 0.29) is 0 Å². The van der Waals surface area contributed by atoms with E-state index in [1.807, 2.05) is 0 Å². The van der Waals surface area contributed by atoms with Crippen LogP contribution in [0, 0.1) is 5.92 Å². The summed E-state index contributed by atoms with van der Waals surface area (Å²) in [5.41, 5.74) is 0. The molecule has 0 bridgehead atoms. The SMILES string of the molecule is S=C=NCC1CCCCCC[C@H](N=C=S)C1. The summed E-state index contributed by atoms with van der Waals surface area (Å²) in [7, 11) is 0. The van der Waals surface area contributed by atoms with Crippen molar-refractivity contribution in [1.82, 2.24) is 0 Å². The molecule has 0 aliphatic heterocycles. The average molecular weight is 254 g/mol. The maximum Gasteiger partial charge on any atom is 0.0606 e. The molecule has 1 aliphatic rings. The molecule has 0 aromatic rings. The quantitative estimate of drug-likeness (QED) is 0.563. The number of thiocarbonyl (C=S) groups is 2. The van der Waals surface area contributed by atoms with Crippen molar-refractivity contribution in [1.29, 1.82) is 0 Å². The lowest BCUT2D eigenvalue weighted by atomic mass is 9.94. The van der Waals surface area contributed by atoms with Gasteiger partial charge in [0, 0.05) is 0 Å². The highest BCUT2D eigenvalue weighted by molar-refractivity contribution is 7.78. The highest BCUT2D eigenvalue weighted by Crippen LogP contribution is 2.24. The molecular weight excluding hydrogens is 236 g/mol. The Morgan fingerprint density at radius 1 is 1.00 bits per heavy atom. The lowest BCUT2D eigenvalue weighted by Gasteiger charge is -2.16. The minimum absolute atomic E-state index is 0.348. The zero-order chi connectivity index (χ0) is 11.6. The van der Waals surface area contributed by atoms with E-state index in [2.05, 4.69) is 32.5 Å². The third-order valence-corrected chi connectivity index (χ3v) is 3.39. The van der Waals surface area contributed by atoms with Crippen molar-refractivity contribution < 1.29 is 0 Å². The lowest BCUT2D eigenvalue weighted by Crippen LogP contribution is -2.14. The fraction of sp³-hybridized carbons (Fsp3) is 0.833. The summed E-state index contributed by atoms with van der Waals surface area (Å²) < 4.78 is 0. The summed E-state index contributed by atoms with van der Waals surface area (Å²) in [5.74, 6) is 0.589. The van der Waals surface area contributed by atoms with Crippen LogP contribution >= 0.6 is 24.4 Å².